The number of benzene rings is 4. The Balaban J connectivity index is 1.62. The van der Waals surface area contributed by atoms with Crippen LogP contribution in [0.5, 0.6) is 11.5 Å². The number of aromatic hydroxyl groups is 2. The lowest BCUT2D eigenvalue weighted by atomic mass is 9.99. The molecular weight excluding hydrogens is 622 g/mol. The number of nitrogens with zero attached hydrogens (tertiary/aromatic N) is 3. The molecular formula is C31H30BrN3O6S. The fraction of sp³-hybridized carbons (Fsp3) is 0.194. The number of hydrogen-bond acceptors (Lipinski definition) is 6. The minimum absolute atomic E-state index is 0.0341. The SMILES string of the molecule is O=C1N(Cc2ccc(O)cc2)[C@H](Cc2ccccc2)[C@H](O)CN(S(=O)(=O)c2cccc(Br)c2)N1Cc1ccc(O)cc1. The molecule has 0 spiro atoms. The van der Waals surface area contributed by atoms with Crippen molar-refractivity contribution in [1.82, 2.24) is 14.3 Å². The Morgan fingerprint density at radius 2 is 1.36 bits per heavy atom. The van der Waals surface area contributed by atoms with Crippen LogP contribution in [0.2, 0.25) is 0 Å². The van der Waals surface area contributed by atoms with E-state index in [9.17, 15) is 28.5 Å². The van der Waals surface area contributed by atoms with Gasteiger partial charge in [0, 0.05) is 11.0 Å². The summed E-state index contributed by atoms with van der Waals surface area (Å²) < 4.78 is 29.7. The summed E-state index contributed by atoms with van der Waals surface area (Å²) in [7, 11) is -4.31. The minimum Gasteiger partial charge on any atom is -0.508 e. The van der Waals surface area contributed by atoms with Gasteiger partial charge in [0.1, 0.15) is 11.5 Å². The summed E-state index contributed by atoms with van der Waals surface area (Å²) in [4.78, 5) is 16.0. The Hall–Kier alpha value is -3.90. The Morgan fingerprint density at radius 3 is 1.95 bits per heavy atom. The van der Waals surface area contributed by atoms with E-state index in [0.717, 1.165) is 15.0 Å². The van der Waals surface area contributed by atoms with Gasteiger partial charge in [0.05, 0.1) is 30.1 Å². The van der Waals surface area contributed by atoms with Crippen LogP contribution in [0.1, 0.15) is 16.7 Å². The average molecular weight is 653 g/mol. The highest BCUT2D eigenvalue weighted by Crippen LogP contribution is 2.30. The number of urea groups is 1. The van der Waals surface area contributed by atoms with Crippen molar-refractivity contribution in [3.8, 4) is 11.5 Å². The zero-order chi connectivity index (χ0) is 29.9. The van der Waals surface area contributed by atoms with Gasteiger partial charge in [0.25, 0.3) is 10.0 Å². The molecule has 5 rings (SSSR count). The van der Waals surface area contributed by atoms with Gasteiger partial charge in [0.2, 0.25) is 0 Å². The third kappa shape index (κ3) is 6.60. The molecule has 3 N–H and O–H groups in total. The lowest BCUT2D eigenvalue weighted by Gasteiger charge is -2.35. The number of phenols is 2. The second-order valence-corrected chi connectivity index (χ2v) is 12.9. The number of carbonyl (C=O) groups is 1. The molecule has 0 aliphatic carbocycles. The number of β-amino-alcohol motifs (C(OH)–C–C–N with tert-alkyl or cyclic N) is 1. The first kappa shape index (κ1) is 29.6. The van der Waals surface area contributed by atoms with Gasteiger partial charge in [-0.1, -0.05) is 76.6 Å². The summed E-state index contributed by atoms with van der Waals surface area (Å²) in [6.45, 7) is -0.448. The highest BCUT2D eigenvalue weighted by atomic mass is 79.9. The van der Waals surface area contributed by atoms with E-state index in [2.05, 4.69) is 15.9 Å². The average Bonchev–Trinajstić information content (AvgIpc) is 3.07. The van der Waals surface area contributed by atoms with Gasteiger partial charge < -0.3 is 20.2 Å². The highest BCUT2D eigenvalue weighted by Gasteiger charge is 2.45. The molecule has 1 aliphatic rings. The number of aliphatic hydroxyl groups excluding tert-OH is 1. The Bertz CT molecular complexity index is 1640. The summed E-state index contributed by atoms with van der Waals surface area (Å²) in [5.41, 5.74) is 2.15. The van der Waals surface area contributed by atoms with Crippen LogP contribution in [0.15, 0.2) is 112 Å². The smallest absolute Gasteiger partial charge is 0.336 e. The number of phenolic OH excluding ortho intramolecular Hbond substituents is 2. The molecule has 4 aromatic rings. The Morgan fingerprint density at radius 1 is 0.762 bits per heavy atom. The number of rotatable bonds is 8. The fourth-order valence-corrected chi connectivity index (χ4v) is 7.01. The minimum atomic E-state index is -4.31. The molecule has 1 heterocycles. The van der Waals surface area contributed by atoms with Crippen molar-refractivity contribution < 1.29 is 28.5 Å². The largest absolute Gasteiger partial charge is 0.508 e. The lowest BCUT2D eigenvalue weighted by Crippen LogP contribution is -2.52. The van der Waals surface area contributed by atoms with Gasteiger partial charge in [-0.25, -0.2) is 18.2 Å². The molecule has 4 aromatic carbocycles. The monoisotopic (exact) mass is 651 g/mol. The molecule has 42 heavy (non-hydrogen) atoms. The van der Waals surface area contributed by atoms with E-state index in [4.69, 9.17) is 0 Å². The van der Waals surface area contributed by atoms with Crippen LogP contribution in [0.25, 0.3) is 0 Å². The second-order valence-electron chi connectivity index (χ2n) is 10.1. The molecule has 9 nitrogen and oxygen atoms in total. The van der Waals surface area contributed by atoms with Crippen molar-refractivity contribution in [3.63, 3.8) is 0 Å². The van der Waals surface area contributed by atoms with Gasteiger partial charge in [-0.15, -0.1) is 4.41 Å². The van der Waals surface area contributed by atoms with Gasteiger partial charge >= 0.3 is 6.03 Å². The number of aliphatic hydroxyl groups is 1. The third-order valence-electron chi connectivity index (χ3n) is 7.14. The second kappa shape index (κ2) is 12.5. The van der Waals surface area contributed by atoms with E-state index < -0.39 is 28.2 Å². The summed E-state index contributed by atoms with van der Waals surface area (Å²) >= 11 is 3.33. The molecule has 11 heteroatoms. The van der Waals surface area contributed by atoms with Crippen molar-refractivity contribution in [2.75, 3.05) is 6.54 Å². The first-order valence-corrected chi connectivity index (χ1v) is 15.5. The predicted molar refractivity (Wildman–Crippen MR) is 161 cm³/mol. The van der Waals surface area contributed by atoms with Gasteiger partial charge in [-0.2, -0.15) is 0 Å². The molecule has 1 saturated heterocycles. The summed E-state index contributed by atoms with van der Waals surface area (Å²) in [6.07, 6.45) is -0.970. The fourth-order valence-electron chi connectivity index (χ4n) is 4.96. The van der Waals surface area contributed by atoms with E-state index in [1.807, 2.05) is 30.3 Å². The van der Waals surface area contributed by atoms with Gasteiger partial charge in [-0.05, 0) is 65.6 Å². The molecule has 0 saturated carbocycles. The molecule has 2 atom stereocenters. The van der Waals surface area contributed by atoms with Crippen molar-refractivity contribution in [2.24, 2.45) is 0 Å². The summed E-state index contributed by atoms with van der Waals surface area (Å²) in [5, 5.41) is 32.4. The Kier molecular flexibility index (Phi) is 8.83. The highest BCUT2D eigenvalue weighted by molar-refractivity contribution is 9.10. The maximum absolute atomic E-state index is 14.5. The van der Waals surface area contributed by atoms with E-state index in [-0.39, 0.29) is 42.4 Å². The number of halogens is 1. The number of carbonyl (C=O) groups excluding carboxylic acids is 1. The van der Waals surface area contributed by atoms with Crippen LogP contribution in [-0.4, -0.2) is 62.8 Å². The standard InChI is InChI=1S/C31H30BrN3O6S/c32-25-7-4-8-28(18-25)42(40,41)35-21-30(38)29(17-22-5-2-1-3-6-22)33(19-23-9-13-26(36)14-10-23)31(39)34(35)20-24-11-15-27(37)16-12-24/h1-16,18,29-30,36-38H,17,19-21H2/t29-,30-/m1/s1. The van der Waals surface area contributed by atoms with Crippen molar-refractivity contribution in [1.29, 1.82) is 0 Å². The number of sulfonamides is 1. The van der Waals surface area contributed by atoms with Gasteiger partial charge in [-0.3, -0.25) is 0 Å². The van der Waals surface area contributed by atoms with E-state index in [1.165, 1.54) is 41.3 Å². The number of amides is 2. The van der Waals surface area contributed by atoms with Crippen LogP contribution in [-0.2, 0) is 29.5 Å². The maximum Gasteiger partial charge on any atom is 0.336 e. The first-order valence-electron chi connectivity index (χ1n) is 13.3. The molecule has 0 radical (unpaired) electrons. The molecule has 0 bridgehead atoms. The van der Waals surface area contributed by atoms with Crippen LogP contribution < -0.4 is 0 Å². The van der Waals surface area contributed by atoms with E-state index >= 15 is 0 Å². The molecule has 2 amide bonds. The van der Waals surface area contributed by atoms with Crippen LogP contribution in [0.3, 0.4) is 0 Å². The predicted octanol–water partition coefficient (Wildman–Crippen LogP) is 4.88. The number of hydrogen-bond donors (Lipinski definition) is 3. The summed E-state index contributed by atoms with van der Waals surface area (Å²) in [5.74, 6) is 0.105. The quantitative estimate of drug-likeness (QED) is 0.250. The maximum atomic E-state index is 14.5. The number of hydrazine groups is 1. The lowest BCUT2D eigenvalue weighted by molar-refractivity contribution is 0.0549. The van der Waals surface area contributed by atoms with E-state index in [0.29, 0.717) is 15.6 Å². The molecule has 218 valence electrons. The molecule has 0 aromatic heterocycles. The van der Waals surface area contributed by atoms with Crippen molar-refractivity contribution >= 4 is 32.0 Å². The topological polar surface area (TPSA) is 122 Å². The zero-order valence-corrected chi connectivity index (χ0v) is 24.9. The zero-order valence-electron chi connectivity index (χ0n) is 22.5. The third-order valence-corrected chi connectivity index (χ3v) is 9.38. The van der Waals surface area contributed by atoms with Gasteiger partial charge in [0.15, 0.2) is 0 Å². The summed E-state index contributed by atoms with van der Waals surface area (Å²) in [6, 6.07) is 26.7. The molecule has 1 fully saturated rings. The van der Waals surface area contributed by atoms with Crippen LogP contribution in [0.4, 0.5) is 4.79 Å². The van der Waals surface area contributed by atoms with Crippen LogP contribution in [0, 0.1) is 0 Å². The Labute approximate surface area is 253 Å². The van der Waals surface area contributed by atoms with Crippen molar-refractivity contribution in [2.45, 2.75) is 36.6 Å². The molecule has 1 aliphatic heterocycles. The first-order chi connectivity index (χ1) is 20.1. The molecule has 0 unspecified atom stereocenters. The van der Waals surface area contributed by atoms with Crippen molar-refractivity contribution in [3.05, 3.63) is 124 Å². The van der Waals surface area contributed by atoms with Crippen LogP contribution >= 0.6 is 15.9 Å². The van der Waals surface area contributed by atoms with E-state index in [1.54, 1.807) is 36.4 Å². The normalized spacial score (nSPS) is 18.2.